The molecule has 0 bridgehead atoms. The predicted octanol–water partition coefficient (Wildman–Crippen LogP) is 14.5. The zero-order valence-corrected chi connectivity index (χ0v) is 31.8. The molecule has 0 spiro atoms. The van der Waals surface area contributed by atoms with E-state index >= 15 is 0 Å². The van der Waals surface area contributed by atoms with Gasteiger partial charge in [-0.15, -0.1) is 0 Å². The van der Waals surface area contributed by atoms with E-state index in [4.69, 9.17) is 0 Å². The molecule has 0 aliphatic carbocycles. The minimum atomic E-state index is -4.19. The highest BCUT2D eigenvalue weighted by molar-refractivity contribution is 7.85. The van der Waals surface area contributed by atoms with Gasteiger partial charge in [0.25, 0.3) is 10.1 Å². The number of hydrogen-bond donors (Lipinski definition) is 1. The Labute approximate surface area is 288 Å². The van der Waals surface area contributed by atoms with E-state index in [0.29, 0.717) is 0 Å². The molecule has 0 heterocycles. The van der Waals surface area contributed by atoms with E-state index in [0.717, 1.165) is 43.2 Å². The molecular formula is C42H78O3S. The average molecular weight is 663 g/mol. The average Bonchev–Trinajstić information content (AvgIpc) is 3.04. The van der Waals surface area contributed by atoms with Gasteiger partial charge in [0, 0.05) is 0 Å². The Hall–Kier alpha value is -0.870. The van der Waals surface area contributed by atoms with Crippen LogP contribution in [0.3, 0.4) is 0 Å². The Balaban J connectivity index is 2.14. The summed E-state index contributed by atoms with van der Waals surface area (Å²) in [5.41, 5.74) is 2.00. The summed E-state index contributed by atoms with van der Waals surface area (Å²) in [6.45, 7) is 4.57. The second-order valence-electron chi connectivity index (χ2n) is 14.5. The van der Waals surface area contributed by atoms with Crippen molar-refractivity contribution in [2.24, 2.45) is 0 Å². The van der Waals surface area contributed by atoms with Gasteiger partial charge in [-0.1, -0.05) is 219 Å². The monoisotopic (exact) mass is 663 g/mol. The first-order valence-electron chi connectivity index (χ1n) is 20.6. The summed E-state index contributed by atoms with van der Waals surface area (Å²) >= 11 is 0. The quantitative estimate of drug-likeness (QED) is 0.0581. The second kappa shape index (κ2) is 31.4. The van der Waals surface area contributed by atoms with Crippen molar-refractivity contribution in [2.75, 3.05) is 0 Å². The van der Waals surface area contributed by atoms with Gasteiger partial charge in [0.15, 0.2) is 0 Å². The lowest BCUT2D eigenvalue weighted by Crippen LogP contribution is -2.07. The van der Waals surface area contributed by atoms with Crippen molar-refractivity contribution >= 4 is 10.1 Å². The fraction of sp³-hybridized carbons (Fsp3) is 0.857. The van der Waals surface area contributed by atoms with E-state index in [-0.39, 0.29) is 4.90 Å². The molecule has 0 fully saturated rings. The van der Waals surface area contributed by atoms with Crippen molar-refractivity contribution in [3.8, 4) is 0 Å². The van der Waals surface area contributed by atoms with E-state index in [1.165, 1.54) is 186 Å². The number of rotatable bonds is 35. The Bertz CT molecular complexity index is 894. The Morgan fingerprint density at radius 1 is 0.413 bits per heavy atom. The van der Waals surface area contributed by atoms with Crippen LogP contribution in [0.25, 0.3) is 0 Å². The van der Waals surface area contributed by atoms with Crippen LogP contribution in [0.4, 0.5) is 0 Å². The van der Waals surface area contributed by atoms with Crippen molar-refractivity contribution in [1.82, 2.24) is 0 Å². The Morgan fingerprint density at radius 2 is 0.696 bits per heavy atom. The first-order valence-corrected chi connectivity index (χ1v) is 22.0. The van der Waals surface area contributed by atoms with E-state index in [9.17, 15) is 13.0 Å². The molecule has 0 saturated heterocycles. The third-order valence-electron chi connectivity index (χ3n) is 10.1. The summed E-state index contributed by atoms with van der Waals surface area (Å²) in [4.78, 5) is 0.141. The molecule has 1 rings (SSSR count). The summed E-state index contributed by atoms with van der Waals surface area (Å²) < 4.78 is 34.2. The first kappa shape index (κ1) is 43.2. The van der Waals surface area contributed by atoms with Gasteiger partial charge in [0.05, 0.1) is 4.90 Å². The molecule has 0 amide bonds. The predicted molar refractivity (Wildman–Crippen MR) is 203 cm³/mol. The van der Waals surface area contributed by atoms with E-state index < -0.39 is 10.1 Å². The molecule has 1 aromatic rings. The fourth-order valence-electron chi connectivity index (χ4n) is 7.08. The molecule has 46 heavy (non-hydrogen) atoms. The highest BCUT2D eigenvalue weighted by atomic mass is 32.2. The topological polar surface area (TPSA) is 54.4 Å². The molecule has 0 aromatic heterocycles. The van der Waals surface area contributed by atoms with Crippen LogP contribution in [-0.2, 0) is 23.0 Å². The van der Waals surface area contributed by atoms with Gasteiger partial charge >= 0.3 is 0 Å². The van der Waals surface area contributed by atoms with Crippen LogP contribution in [-0.4, -0.2) is 13.0 Å². The van der Waals surface area contributed by atoms with E-state index in [2.05, 4.69) is 19.9 Å². The first-order chi connectivity index (χ1) is 22.5. The highest BCUT2D eigenvalue weighted by Crippen LogP contribution is 2.25. The maximum Gasteiger partial charge on any atom is 0.294 e. The molecule has 1 N–H and O–H groups in total. The largest absolute Gasteiger partial charge is 0.294 e. The molecule has 0 atom stereocenters. The summed E-state index contributed by atoms with van der Waals surface area (Å²) in [5.74, 6) is 0. The Kier molecular flexibility index (Phi) is 29.5. The smallest absolute Gasteiger partial charge is 0.282 e. The lowest BCUT2D eigenvalue weighted by atomic mass is 9.96. The molecule has 270 valence electrons. The number of hydrogen-bond acceptors (Lipinski definition) is 2. The van der Waals surface area contributed by atoms with Crippen LogP contribution >= 0.6 is 0 Å². The fourth-order valence-corrected chi connectivity index (χ4v) is 7.88. The second-order valence-corrected chi connectivity index (χ2v) is 15.9. The maximum atomic E-state index is 12.2. The normalized spacial score (nSPS) is 11.9. The summed E-state index contributed by atoms with van der Waals surface area (Å²) in [6, 6.07) is 5.48. The minimum Gasteiger partial charge on any atom is -0.282 e. The van der Waals surface area contributed by atoms with Gasteiger partial charge in [-0.2, -0.15) is 8.42 Å². The van der Waals surface area contributed by atoms with Crippen LogP contribution in [0, 0.1) is 0 Å². The minimum absolute atomic E-state index is 0.141. The molecule has 0 unspecified atom stereocenters. The third-order valence-corrected chi connectivity index (χ3v) is 11.0. The molecule has 0 saturated carbocycles. The summed E-state index contributed by atoms with van der Waals surface area (Å²) in [7, 11) is -4.19. The molecule has 1 aromatic carbocycles. The van der Waals surface area contributed by atoms with E-state index in [1.54, 1.807) is 6.07 Å². The van der Waals surface area contributed by atoms with Crippen LogP contribution in [0.5, 0.6) is 0 Å². The number of unbranched alkanes of at least 4 members (excludes halogenated alkanes) is 30. The number of aryl methyl sites for hydroxylation is 1. The summed E-state index contributed by atoms with van der Waals surface area (Å²) in [5, 5.41) is 0. The molecule has 0 aliphatic rings. The standard InChI is InChI=1S/C42H78O3S/c1-3-5-7-9-11-13-15-17-19-21-23-25-27-29-31-33-36-40-37-35-39-42(46(43,44)45)41(40)38-34-32-30-28-26-24-22-20-18-16-14-12-10-8-6-4-2/h35,37,39H,3-34,36,38H2,1-2H3,(H,43,44,45). The van der Waals surface area contributed by atoms with Crippen molar-refractivity contribution in [3.63, 3.8) is 0 Å². The molecule has 0 radical (unpaired) electrons. The Morgan fingerprint density at radius 3 is 1.00 bits per heavy atom. The van der Waals surface area contributed by atoms with Crippen molar-refractivity contribution in [1.29, 1.82) is 0 Å². The lowest BCUT2D eigenvalue weighted by molar-refractivity contribution is 0.481. The van der Waals surface area contributed by atoms with Crippen molar-refractivity contribution in [3.05, 3.63) is 29.3 Å². The van der Waals surface area contributed by atoms with Gasteiger partial charge in [-0.3, -0.25) is 4.55 Å². The van der Waals surface area contributed by atoms with Crippen molar-refractivity contribution < 1.29 is 13.0 Å². The van der Waals surface area contributed by atoms with Gasteiger partial charge in [-0.05, 0) is 42.9 Å². The summed E-state index contributed by atoms with van der Waals surface area (Å²) in [6.07, 6.45) is 44.7. The number of benzene rings is 1. The molecular weight excluding hydrogens is 585 g/mol. The third kappa shape index (κ3) is 25.2. The van der Waals surface area contributed by atoms with Gasteiger partial charge in [0.2, 0.25) is 0 Å². The molecule has 4 heteroatoms. The van der Waals surface area contributed by atoms with Crippen molar-refractivity contribution in [2.45, 2.75) is 237 Å². The lowest BCUT2D eigenvalue weighted by Gasteiger charge is -2.14. The van der Waals surface area contributed by atoms with E-state index in [1.807, 2.05) is 6.07 Å². The van der Waals surface area contributed by atoms with Crippen LogP contribution in [0.2, 0.25) is 0 Å². The van der Waals surface area contributed by atoms with Crippen LogP contribution in [0.15, 0.2) is 23.1 Å². The van der Waals surface area contributed by atoms with Gasteiger partial charge in [-0.25, -0.2) is 0 Å². The molecule has 3 nitrogen and oxygen atoms in total. The zero-order valence-electron chi connectivity index (χ0n) is 30.9. The SMILES string of the molecule is CCCCCCCCCCCCCCCCCCc1cccc(S(=O)(=O)O)c1CCCCCCCCCCCCCCCCCC. The highest BCUT2D eigenvalue weighted by Gasteiger charge is 2.18. The van der Waals surface area contributed by atoms with Crippen LogP contribution < -0.4 is 0 Å². The maximum absolute atomic E-state index is 12.2. The van der Waals surface area contributed by atoms with Gasteiger partial charge < -0.3 is 0 Å². The van der Waals surface area contributed by atoms with Crippen LogP contribution in [0.1, 0.15) is 230 Å². The molecule has 0 aliphatic heterocycles. The zero-order chi connectivity index (χ0) is 33.4. The van der Waals surface area contributed by atoms with Gasteiger partial charge in [0.1, 0.15) is 0 Å².